The minimum Gasteiger partial charge on any atom is -0.370 e. The fourth-order valence-electron chi connectivity index (χ4n) is 1.65. The fraction of sp³-hybridized carbons (Fsp3) is 0.500. The number of rotatable bonds is 6. The van der Waals surface area contributed by atoms with E-state index in [4.69, 9.17) is 11.6 Å². The van der Waals surface area contributed by atoms with Crippen LogP contribution >= 0.6 is 11.6 Å². The number of hydrogen-bond acceptors (Lipinski definition) is 4. The predicted octanol–water partition coefficient (Wildman–Crippen LogP) is 1.81. The molecule has 0 aliphatic heterocycles. The Kier molecular flexibility index (Phi) is 6.42. The summed E-state index contributed by atoms with van der Waals surface area (Å²) in [6, 6.07) is 2.45. The molecular formula is C14H21ClN4O2. The van der Waals surface area contributed by atoms with Gasteiger partial charge in [-0.05, 0) is 39.8 Å². The van der Waals surface area contributed by atoms with E-state index in [1.165, 1.54) is 6.07 Å². The number of nitrogens with zero attached hydrogens (tertiary/aromatic N) is 1. The molecular weight excluding hydrogens is 292 g/mol. The SMILES string of the molecule is CCNc1cc(C(=O)NC(C)C(=O)NC(C)C)cc(Cl)n1. The zero-order valence-electron chi connectivity index (χ0n) is 12.7. The second-order valence-electron chi connectivity index (χ2n) is 4.95. The van der Waals surface area contributed by atoms with Gasteiger partial charge in [-0.15, -0.1) is 0 Å². The molecule has 3 N–H and O–H groups in total. The number of halogens is 1. The maximum atomic E-state index is 12.1. The van der Waals surface area contributed by atoms with Gasteiger partial charge in [-0.1, -0.05) is 11.6 Å². The van der Waals surface area contributed by atoms with Gasteiger partial charge in [-0.25, -0.2) is 4.98 Å². The second-order valence-corrected chi connectivity index (χ2v) is 5.34. The molecule has 21 heavy (non-hydrogen) atoms. The monoisotopic (exact) mass is 312 g/mol. The molecule has 0 bridgehead atoms. The molecule has 1 unspecified atom stereocenters. The molecule has 1 heterocycles. The Hall–Kier alpha value is -1.82. The summed E-state index contributed by atoms with van der Waals surface area (Å²) in [6.45, 7) is 7.93. The molecule has 0 aliphatic carbocycles. The summed E-state index contributed by atoms with van der Waals surface area (Å²) >= 11 is 5.89. The molecule has 1 rings (SSSR count). The molecule has 2 amide bonds. The fourth-order valence-corrected chi connectivity index (χ4v) is 1.86. The van der Waals surface area contributed by atoms with Gasteiger partial charge in [0.2, 0.25) is 5.91 Å². The Morgan fingerprint density at radius 1 is 1.24 bits per heavy atom. The highest BCUT2D eigenvalue weighted by Crippen LogP contribution is 2.14. The van der Waals surface area contributed by atoms with E-state index in [2.05, 4.69) is 20.9 Å². The first kappa shape index (κ1) is 17.2. The average Bonchev–Trinajstić information content (AvgIpc) is 2.37. The van der Waals surface area contributed by atoms with Crippen LogP contribution in [0.3, 0.4) is 0 Å². The Labute approximate surface area is 129 Å². The Morgan fingerprint density at radius 3 is 2.48 bits per heavy atom. The van der Waals surface area contributed by atoms with Crippen LogP contribution in [0.2, 0.25) is 5.15 Å². The molecule has 1 aromatic heterocycles. The van der Waals surface area contributed by atoms with Crippen molar-refractivity contribution in [3.63, 3.8) is 0 Å². The van der Waals surface area contributed by atoms with E-state index >= 15 is 0 Å². The van der Waals surface area contributed by atoms with Crippen LogP contribution in [0.4, 0.5) is 5.82 Å². The summed E-state index contributed by atoms with van der Waals surface area (Å²) in [4.78, 5) is 28.0. The number of anilines is 1. The van der Waals surface area contributed by atoms with Gasteiger partial charge in [0.05, 0.1) is 0 Å². The zero-order valence-corrected chi connectivity index (χ0v) is 13.4. The van der Waals surface area contributed by atoms with E-state index in [0.717, 1.165) is 0 Å². The molecule has 1 aromatic rings. The van der Waals surface area contributed by atoms with Crippen LogP contribution in [0.5, 0.6) is 0 Å². The largest absolute Gasteiger partial charge is 0.370 e. The lowest BCUT2D eigenvalue weighted by Crippen LogP contribution is -2.46. The van der Waals surface area contributed by atoms with Gasteiger partial charge < -0.3 is 16.0 Å². The van der Waals surface area contributed by atoms with Crippen molar-refractivity contribution in [1.82, 2.24) is 15.6 Å². The molecule has 0 saturated heterocycles. The third-order valence-electron chi connectivity index (χ3n) is 2.59. The molecule has 0 aromatic carbocycles. The van der Waals surface area contributed by atoms with Crippen molar-refractivity contribution in [1.29, 1.82) is 0 Å². The second kappa shape index (κ2) is 7.83. The number of amides is 2. The number of pyridine rings is 1. The van der Waals surface area contributed by atoms with Crippen LogP contribution in [-0.2, 0) is 4.79 Å². The van der Waals surface area contributed by atoms with Gasteiger partial charge in [0, 0.05) is 18.2 Å². The lowest BCUT2D eigenvalue weighted by Gasteiger charge is -2.16. The van der Waals surface area contributed by atoms with E-state index in [9.17, 15) is 9.59 Å². The van der Waals surface area contributed by atoms with Crippen molar-refractivity contribution in [2.24, 2.45) is 0 Å². The Balaban J connectivity index is 2.77. The van der Waals surface area contributed by atoms with Crippen molar-refractivity contribution in [3.8, 4) is 0 Å². The predicted molar refractivity (Wildman–Crippen MR) is 83.6 cm³/mol. The Bertz CT molecular complexity index is 520. The number of hydrogen-bond donors (Lipinski definition) is 3. The molecule has 0 fully saturated rings. The molecule has 0 saturated carbocycles. The number of carbonyl (C=O) groups is 2. The summed E-state index contributed by atoms with van der Waals surface area (Å²) in [5.41, 5.74) is 0.357. The molecule has 6 nitrogen and oxygen atoms in total. The quantitative estimate of drug-likeness (QED) is 0.700. The first-order valence-corrected chi connectivity index (χ1v) is 7.24. The smallest absolute Gasteiger partial charge is 0.252 e. The van der Waals surface area contributed by atoms with Crippen LogP contribution in [0, 0.1) is 0 Å². The van der Waals surface area contributed by atoms with Gasteiger partial charge >= 0.3 is 0 Å². The minimum absolute atomic E-state index is 0.0209. The van der Waals surface area contributed by atoms with Crippen LogP contribution in [0.1, 0.15) is 38.1 Å². The van der Waals surface area contributed by atoms with Crippen LogP contribution in [-0.4, -0.2) is 35.4 Å². The van der Waals surface area contributed by atoms with Gasteiger partial charge in [0.15, 0.2) is 0 Å². The summed E-state index contributed by atoms with van der Waals surface area (Å²) < 4.78 is 0. The molecule has 1 atom stereocenters. The summed E-state index contributed by atoms with van der Waals surface area (Å²) in [6.07, 6.45) is 0. The lowest BCUT2D eigenvalue weighted by molar-refractivity contribution is -0.123. The first-order valence-electron chi connectivity index (χ1n) is 6.86. The Morgan fingerprint density at radius 2 is 1.90 bits per heavy atom. The molecule has 0 spiro atoms. The highest BCUT2D eigenvalue weighted by molar-refractivity contribution is 6.29. The zero-order chi connectivity index (χ0) is 16.0. The topological polar surface area (TPSA) is 83.1 Å². The van der Waals surface area contributed by atoms with Crippen LogP contribution < -0.4 is 16.0 Å². The van der Waals surface area contributed by atoms with E-state index in [0.29, 0.717) is 17.9 Å². The number of nitrogens with one attached hydrogen (secondary N) is 3. The van der Waals surface area contributed by atoms with E-state index in [1.54, 1.807) is 13.0 Å². The van der Waals surface area contributed by atoms with Gasteiger partial charge in [-0.3, -0.25) is 9.59 Å². The molecule has 7 heteroatoms. The first-order chi connectivity index (χ1) is 9.83. The molecule has 116 valence electrons. The minimum atomic E-state index is -0.630. The van der Waals surface area contributed by atoms with Crippen LogP contribution in [0.25, 0.3) is 0 Å². The maximum Gasteiger partial charge on any atom is 0.252 e. The summed E-state index contributed by atoms with van der Waals surface area (Å²) in [7, 11) is 0. The number of carbonyl (C=O) groups excluding carboxylic acids is 2. The molecule has 0 aliphatic rings. The third kappa shape index (κ3) is 5.59. The maximum absolute atomic E-state index is 12.1. The van der Waals surface area contributed by atoms with Crippen molar-refractivity contribution in [2.75, 3.05) is 11.9 Å². The van der Waals surface area contributed by atoms with Crippen LogP contribution in [0.15, 0.2) is 12.1 Å². The standard InChI is InChI=1S/C14H21ClN4O2/c1-5-16-12-7-10(6-11(15)19-12)14(21)18-9(4)13(20)17-8(2)3/h6-9H,5H2,1-4H3,(H,16,19)(H,17,20)(H,18,21). The number of aromatic nitrogens is 1. The summed E-state index contributed by atoms with van der Waals surface area (Å²) in [5, 5.41) is 8.58. The third-order valence-corrected chi connectivity index (χ3v) is 2.78. The van der Waals surface area contributed by atoms with Gasteiger partial charge in [-0.2, -0.15) is 0 Å². The van der Waals surface area contributed by atoms with E-state index in [1.807, 2.05) is 20.8 Å². The van der Waals surface area contributed by atoms with Crippen molar-refractivity contribution >= 4 is 29.2 Å². The average molecular weight is 313 g/mol. The lowest BCUT2D eigenvalue weighted by atomic mass is 10.2. The molecule has 0 radical (unpaired) electrons. The normalized spacial score (nSPS) is 11.9. The van der Waals surface area contributed by atoms with Crippen molar-refractivity contribution in [2.45, 2.75) is 39.8 Å². The van der Waals surface area contributed by atoms with E-state index < -0.39 is 6.04 Å². The van der Waals surface area contributed by atoms with E-state index in [-0.39, 0.29) is 23.0 Å². The van der Waals surface area contributed by atoms with Gasteiger partial charge in [0.1, 0.15) is 17.0 Å². The van der Waals surface area contributed by atoms with Gasteiger partial charge in [0.25, 0.3) is 5.91 Å². The highest BCUT2D eigenvalue weighted by Gasteiger charge is 2.18. The van der Waals surface area contributed by atoms with Crippen molar-refractivity contribution in [3.05, 3.63) is 22.8 Å². The summed E-state index contributed by atoms with van der Waals surface area (Å²) in [5.74, 6) is -0.0790. The van der Waals surface area contributed by atoms with Crippen molar-refractivity contribution < 1.29 is 9.59 Å². The highest BCUT2D eigenvalue weighted by atomic mass is 35.5.